The molecule has 0 saturated carbocycles. The van der Waals surface area contributed by atoms with Crippen LogP contribution in [-0.2, 0) is 0 Å². The molecule has 1 aromatic rings. The SMILES string of the molecule is CCN1CCCC1CN(C)C(=O)c1c[nH]ccc1=O. The number of aromatic amines is 1. The minimum Gasteiger partial charge on any atom is -0.367 e. The van der Waals surface area contributed by atoms with E-state index in [1.165, 1.54) is 24.9 Å². The van der Waals surface area contributed by atoms with Gasteiger partial charge in [0.05, 0.1) is 0 Å². The second-order valence-corrected chi connectivity index (χ2v) is 5.03. The smallest absolute Gasteiger partial charge is 0.259 e. The molecule has 1 N–H and O–H groups in total. The number of nitrogens with zero attached hydrogens (tertiary/aromatic N) is 2. The number of hydrogen-bond donors (Lipinski definition) is 1. The lowest BCUT2D eigenvalue weighted by Gasteiger charge is -2.27. The van der Waals surface area contributed by atoms with E-state index in [0.29, 0.717) is 12.6 Å². The van der Waals surface area contributed by atoms with Crippen molar-refractivity contribution in [3.8, 4) is 0 Å². The van der Waals surface area contributed by atoms with Crippen LogP contribution in [0.3, 0.4) is 0 Å². The predicted molar refractivity (Wildman–Crippen MR) is 74.3 cm³/mol. The highest BCUT2D eigenvalue weighted by Gasteiger charge is 2.26. The fourth-order valence-corrected chi connectivity index (χ4v) is 2.71. The van der Waals surface area contributed by atoms with Crippen LogP contribution in [0.15, 0.2) is 23.3 Å². The molecule has 104 valence electrons. The largest absolute Gasteiger partial charge is 0.367 e. The average molecular weight is 263 g/mol. The van der Waals surface area contributed by atoms with Gasteiger partial charge in [0.1, 0.15) is 5.56 Å². The van der Waals surface area contributed by atoms with Gasteiger partial charge in [-0.1, -0.05) is 6.92 Å². The predicted octanol–water partition coefficient (Wildman–Crippen LogP) is 0.931. The summed E-state index contributed by atoms with van der Waals surface area (Å²) in [5.41, 5.74) is -0.0135. The number of H-pyrrole nitrogens is 1. The first-order valence-electron chi connectivity index (χ1n) is 6.80. The number of carbonyl (C=O) groups excluding carboxylic acids is 1. The number of likely N-dealkylation sites (N-methyl/N-ethyl adjacent to an activating group) is 2. The van der Waals surface area contributed by atoms with E-state index < -0.39 is 0 Å². The summed E-state index contributed by atoms with van der Waals surface area (Å²) in [6.07, 6.45) is 5.32. The van der Waals surface area contributed by atoms with E-state index in [-0.39, 0.29) is 16.9 Å². The summed E-state index contributed by atoms with van der Waals surface area (Å²) in [4.78, 5) is 30.7. The van der Waals surface area contributed by atoms with Crippen molar-refractivity contribution < 1.29 is 4.79 Å². The number of carbonyl (C=O) groups is 1. The van der Waals surface area contributed by atoms with Gasteiger partial charge in [-0.25, -0.2) is 0 Å². The highest BCUT2D eigenvalue weighted by molar-refractivity contribution is 5.93. The Bertz CT molecular complexity index is 497. The highest BCUT2D eigenvalue weighted by atomic mass is 16.2. The third-order valence-electron chi connectivity index (χ3n) is 3.79. The molecule has 1 saturated heterocycles. The quantitative estimate of drug-likeness (QED) is 0.879. The Balaban J connectivity index is 2.04. The molecule has 1 amide bonds. The number of amides is 1. The highest BCUT2D eigenvalue weighted by Crippen LogP contribution is 2.17. The van der Waals surface area contributed by atoms with Gasteiger partial charge < -0.3 is 9.88 Å². The zero-order chi connectivity index (χ0) is 13.8. The molecule has 5 heteroatoms. The molecule has 0 aliphatic carbocycles. The lowest BCUT2D eigenvalue weighted by molar-refractivity contribution is 0.0753. The summed E-state index contributed by atoms with van der Waals surface area (Å²) in [5.74, 6) is -0.204. The van der Waals surface area contributed by atoms with Crippen molar-refractivity contribution in [3.63, 3.8) is 0 Å². The summed E-state index contributed by atoms with van der Waals surface area (Å²) < 4.78 is 0. The van der Waals surface area contributed by atoms with Crippen molar-refractivity contribution in [2.45, 2.75) is 25.8 Å². The van der Waals surface area contributed by atoms with Crippen LogP contribution in [-0.4, -0.2) is 53.4 Å². The summed E-state index contributed by atoms with van der Waals surface area (Å²) in [5, 5.41) is 0. The molecule has 1 aromatic heterocycles. The molecule has 0 aromatic carbocycles. The number of aromatic nitrogens is 1. The normalized spacial score (nSPS) is 19.6. The minimum atomic E-state index is -0.227. The van der Waals surface area contributed by atoms with E-state index in [1.54, 1.807) is 11.9 Å². The molecule has 0 radical (unpaired) electrons. The maximum Gasteiger partial charge on any atom is 0.259 e. The van der Waals surface area contributed by atoms with Crippen LogP contribution < -0.4 is 5.43 Å². The molecule has 1 fully saturated rings. The van der Waals surface area contributed by atoms with E-state index in [0.717, 1.165) is 19.5 Å². The van der Waals surface area contributed by atoms with Crippen molar-refractivity contribution in [2.24, 2.45) is 0 Å². The van der Waals surface area contributed by atoms with Crippen molar-refractivity contribution in [1.29, 1.82) is 0 Å². The van der Waals surface area contributed by atoms with Crippen molar-refractivity contribution in [2.75, 3.05) is 26.7 Å². The first-order valence-corrected chi connectivity index (χ1v) is 6.80. The Hall–Kier alpha value is -1.62. The second kappa shape index (κ2) is 6.02. The standard InChI is InChI=1S/C14H21N3O2/c1-3-17-8-4-5-11(17)10-16(2)14(19)12-9-15-7-6-13(12)18/h6-7,9,11H,3-5,8,10H2,1-2H3,(H,15,18). The van der Waals surface area contributed by atoms with Crippen LogP contribution in [0.5, 0.6) is 0 Å². The van der Waals surface area contributed by atoms with Gasteiger partial charge in [-0.3, -0.25) is 14.5 Å². The van der Waals surface area contributed by atoms with Gasteiger partial charge in [0.15, 0.2) is 5.43 Å². The molecule has 0 bridgehead atoms. The third-order valence-corrected chi connectivity index (χ3v) is 3.79. The zero-order valence-corrected chi connectivity index (χ0v) is 11.6. The lowest BCUT2D eigenvalue weighted by Crippen LogP contribution is -2.42. The molecular weight excluding hydrogens is 242 g/mol. The Morgan fingerprint density at radius 1 is 1.58 bits per heavy atom. The van der Waals surface area contributed by atoms with Gasteiger partial charge in [0, 0.05) is 38.1 Å². The number of nitrogens with one attached hydrogen (secondary N) is 1. The fraction of sp³-hybridized carbons (Fsp3) is 0.571. The van der Waals surface area contributed by atoms with Crippen molar-refractivity contribution in [1.82, 2.24) is 14.8 Å². The Kier molecular flexibility index (Phi) is 4.37. The first-order chi connectivity index (χ1) is 9.13. The van der Waals surface area contributed by atoms with Crippen LogP contribution in [0.2, 0.25) is 0 Å². The monoisotopic (exact) mass is 263 g/mol. The average Bonchev–Trinajstić information content (AvgIpc) is 2.85. The van der Waals surface area contributed by atoms with E-state index in [9.17, 15) is 9.59 Å². The van der Waals surface area contributed by atoms with E-state index in [4.69, 9.17) is 0 Å². The van der Waals surface area contributed by atoms with Gasteiger partial charge in [0.25, 0.3) is 5.91 Å². The van der Waals surface area contributed by atoms with Crippen LogP contribution in [0.1, 0.15) is 30.1 Å². The van der Waals surface area contributed by atoms with Crippen molar-refractivity contribution >= 4 is 5.91 Å². The van der Waals surface area contributed by atoms with Crippen LogP contribution >= 0.6 is 0 Å². The number of pyridine rings is 1. The van der Waals surface area contributed by atoms with Crippen molar-refractivity contribution in [3.05, 3.63) is 34.2 Å². The number of rotatable bonds is 4. The molecule has 2 heterocycles. The molecule has 19 heavy (non-hydrogen) atoms. The van der Waals surface area contributed by atoms with Gasteiger partial charge >= 0.3 is 0 Å². The molecule has 1 atom stereocenters. The fourth-order valence-electron chi connectivity index (χ4n) is 2.71. The van der Waals surface area contributed by atoms with E-state index in [2.05, 4.69) is 16.8 Å². The molecule has 5 nitrogen and oxygen atoms in total. The van der Waals surface area contributed by atoms with Crippen LogP contribution in [0.4, 0.5) is 0 Å². The molecular formula is C14H21N3O2. The third kappa shape index (κ3) is 3.04. The Morgan fingerprint density at radius 2 is 2.37 bits per heavy atom. The molecule has 2 rings (SSSR count). The minimum absolute atomic E-state index is 0.204. The number of likely N-dealkylation sites (tertiary alicyclic amines) is 1. The van der Waals surface area contributed by atoms with Gasteiger partial charge in [-0.15, -0.1) is 0 Å². The maximum absolute atomic E-state index is 12.2. The van der Waals surface area contributed by atoms with Crippen LogP contribution in [0.25, 0.3) is 0 Å². The topological polar surface area (TPSA) is 56.4 Å². The second-order valence-electron chi connectivity index (χ2n) is 5.03. The molecule has 1 unspecified atom stereocenters. The van der Waals surface area contributed by atoms with Gasteiger partial charge in [0.2, 0.25) is 0 Å². The molecule has 1 aliphatic heterocycles. The summed E-state index contributed by atoms with van der Waals surface area (Å²) in [7, 11) is 1.76. The molecule has 0 spiro atoms. The maximum atomic E-state index is 12.2. The van der Waals surface area contributed by atoms with Gasteiger partial charge in [-0.2, -0.15) is 0 Å². The zero-order valence-electron chi connectivity index (χ0n) is 11.6. The van der Waals surface area contributed by atoms with Gasteiger partial charge in [-0.05, 0) is 25.9 Å². The summed E-state index contributed by atoms with van der Waals surface area (Å²) in [6.45, 7) is 4.94. The van der Waals surface area contributed by atoms with Crippen LogP contribution in [0, 0.1) is 0 Å². The number of hydrogen-bond acceptors (Lipinski definition) is 3. The lowest BCUT2D eigenvalue weighted by atomic mass is 10.2. The Morgan fingerprint density at radius 3 is 3.05 bits per heavy atom. The summed E-state index contributed by atoms with van der Waals surface area (Å²) >= 11 is 0. The summed E-state index contributed by atoms with van der Waals surface area (Å²) in [6, 6.07) is 1.80. The van der Waals surface area contributed by atoms with E-state index in [1.807, 2.05) is 0 Å². The first kappa shape index (κ1) is 13.8. The Labute approximate surface area is 113 Å². The van der Waals surface area contributed by atoms with E-state index >= 15 is 0 Å². The molecule has 1 aliphatic rings.